The Balaban J connectivity index is 1.90. The Labute approximate surface area is 157 Å². The summed E-state index contributed by atoms with van der Waals surface area (Å²) in [6.07, 6.45) is 0. The van der Waals surface area contributed by atoms with Crippen LogP contribution >= 0.6 is 11.3 Å². The summed E-state index contributed by atoms with van der Waals surface area (Å²) in [6.45, 7) is 4.57. The molecule has 0 atom stereocenters. The lowest BCUT2D eigenvalue weighted by Crippen LogP contribution is -2.26. The van der Waals surface area contributed by atoms with Crippen LogP contribution in [0.25, 0.3) is 21.6 Å². The predicted octanol–water partition coefficient (Wildman–Crippen LogP) is 6.71. The van der Waals surface area contributed by atoms with Crippen molar-refractivity contribution in [2.75, 3.05) is 0 Å². The summed E-state index contributed by atoms with van der Waals surface area (Å²) < 4.78 is 0. The maximum Gasteiger partial charge on any atom is 0.0736 e. The molecule has 0 radical (unpaired) electrons. The lowest BCUT2D eigenvalue weighted by Gasteiger charge is -2.30. The van der Waals surface area contributed by atoms with Gasteiger partial charge >= 0.3 is 0 Å². The van der Waals surface area contributed by atoms with Crippen LogP contribution in [0.2, 0.25) is 0 Å². The number of rotatable bonds is 0. The molecule has 0 N–H and O–H groups in total. The van der Waals surface area contributed by atoms with Gasteiger partial charge in [-0.3, -0.25) is 0 Å². The van der Waals surface area contributed by atoms with Crippen molar-refractivity contribution >= 4 is 11.3 Å². The van der Waals surface area contributed by atoms with Crippen LogP contribution in [0.1, 0.15) is 32.7 Å². The summed E-state index contributed by atoms with van der Waals surface area (Å²) in [4.78, 5) is 2.90. The second-order valence-electron chi connectivity index (χ2n) is 7.37. The van der Waals surface area contributed by atoms with Gasteiger partial charge in [-0.15, -0.1) is 11.3 Å². The van der Waals surface area contributed by atoms with E-state index in [-0.39, 0.29) is 5.41 Å². The van der Waals surface area contributed by atoms with Crippen molar-refractivity contribution < 1.29 is 0 Å². The second kappa shape index (κ2) is 4.75. The number of benzene rings is 3. The molecule has 4 aromatic rings. The largest absolute Gasteiger partial charge is 0.140 e. The van der Waals surface area contributed by atoms with Crippen LogP contribution in [0.4, 0.5) is 0 Å². The van der Waals surface area contributed by atoms with Gasteiger partial charge in [0.15, 0.2) is 0 Å². The number of aryl methyl sites for hydroxylation is 1. The lowest BCUT2D eigenvalue weighted by atomic mass is 9.70. The summed E-state index contributed by atoms with van der Waals surface area (Å²) in [7, 11) is 0. The highest BCUT2D eigenvalue weighted by atomic mass is 32.1. The summed E-state index contributed by atoms with van der Waals surface area (Å²) in [6, 6.07) is 27.0. The van der Waals surface area contributed by atoms with E-state index in [0.29, 0.717) is 0 Å². The maximum atomic E-state index is 2.34. The van der Waals surface area contributed by atoms with E-state index >= 15 is 0 Å². The zero-order chi connectivity index (χ0) is 17.5. The van der Waals surface area contributed by atoms with Crippen LogP contribution in [0, 0.1) is 13.8 Å². The third-order valence-corrected chi connectivity index (χ3v) is 7.53. The lowest BCUT2D eigenvalue weighted by molar-refractivity contribution is 0.788. The van der Waals surface area contributed by atoms with Gasteiger partial charge in [0.25, 0.3) is 0 Å². The fourth-order valence-corrected chi connectivity index (χ4v) is 6.46. The predicted molar refractivity (Wildman–Crippen MR) is 110 cm³/mol. The molecule has 0 saturated carbocycles. The molecular weight excluding hydrogens is 332 g/mol. The Morgan fingerprint density at radius 1 is 0.615 bits per heavy atom. The molecular formula is C25H18S. The zero-order valence-corrected chi connectivity index (χ0v) is 15.7. The molecule has 0 unspecified atom stereocenters. The van der Waals surface area contributed by atoms with E-state index in [9.17, 15) is 0 Å². The van der Waals surface area contributed by atoms with Crippen molar-refractivity contribution in [1.29, 1.82) is 0 Å². The third kappa shape index (κ3) is 1.44. The molecule has 3 aromatic carbocycles. The van der Waals surface area contributed by atoms with Gasteiger partial charge in [-0.25, -0.2) is 0 Å². The highest BCUT2D eigenvalue weighted by Crippen LogP contribution is 2.65. The third-order valence-electron chi connectivity index (χ3n) is 6.29. The molecule has 6 rings (SSSR count). The summed E-state index contributed by atoms with van der Waals surface area (Å²) in [5, 5.41) is 0. The van der Waals surface area contributed by atoms with E-state index < -0.39 is 0 Å². The zero-order valence-electron chi connectivity index (χ0n) is 14.8. The molecule has 1 aromatic heterocycles. The summed E-state index contributed by atoms with van der Waals surface area (Å²) in [5.41, 5.74) is 11.3. The second-order valence-corrected chi connectivity index (χ2v) is 8.60. The van der Waals surface area contributed by atoms with Gasteiger partial charge in [-0.05, 0) is 58.4 Å². The first-order valence-electron chi connectivity index (χ1n) is 9.14. The fourth-order valence-electron chi connectivity index (χ4n) is 5.21. The van der Waals surface area contributed by atoms with Gasteiger partial charge in [0.2, 0.25) is 0 Å². The van der Waals surface area contributed by atoms with Crippen LogP contribution in [0.5, 0.6) is 0 Å². The standard InChI is InChI=1S/C25H18S/c1-15-16(2)26-24-19-11-5-8-14-22(19)25(23(15)24)20-12-6-3-9-17(20)18-10-4-7-13-21(18)25/h3-14H,1-2H3. The van der Waals surface area contributed by atoms with E-state index in [0.717, 1.165) is 0 Å². The first-order chi connectivity index (χ1) is 12.7. The summed E-state index contributed by atoms with van der Waals surface area (Å²) in [5.74, 6) is 0. The SMILES string of the molecule is Cc1sc2c(c1C)C1(c3ccccc3-c3ccccc31)c1ccccc1-2. The molecule has 0 nitrogen and oxygen atoms in total. The molecule has 124 valence electrons. The first kappa shape index (κ1) is 14.5. The molecule has 0 bridgehead atoms. The van der Waals surface area contributed by atoms with Crippen molar-refractivity contribution in [2.24, 2.45) is 0 Å². The van der Waals surface area contributed by atoms with Crippen molar-refractivity contribution in [3.05, 3.63) is 105 Å². The quantitative estimate of drug-likeness (QED) is 0.286. The van der Waals surface area contributed by atoms with Crippen LogP contribution in [-0.2, 0) is 5.41 Å². The monoisotopic (exact) mass is 350 g/mol. The van der Waals surface area contributed by atoms with E-state index in [1.807, 2.05) is 11.3 Å². The van der Waals surface area contributed by atoms with Crippen molar-refractivity contribution in [1.82, 2.24) is 0 Å². The van der Waals surface area contributed by atoms with Gasteiger partial charge in [0.1, 0.15) is 0 Å². The Morgan fingerprint density at radius 3 is 1.65 bits per heavy atom. The number of thiophene rings is 1. The van der Waals surface area contributed by atoms with Crippen LogP contribution in [0.3, 0.4) is 0 Å². The van der Waals surface area contributed by atoms with Gasteiger partial charge in [0.05, 0.1) is 5.41 Å². The van der Waals surface area contributed by atoms with Crippen LogP contribution in [0.15, 0.2) is 72.8 Å². The highest BCUT2D eigenvalue weighted by molar-refractivity contribution is 7.16. The van der Waals surface area contributed by atoms with E-state index in [2.05, 4.69) is 86.6 Å². The first-order valence-corrected chi connectivity index (χ1v) is 9.96. The van der Waals surface area contributed by atoms with Crippen molar-refractivity contribution in [3.8, 4) is 21.6 Å². The average molecular weight is 350 g/mol. The van der Waals surface area contributed by atoms with E-state index in [1.165, 1.54) is 54.3 Å². The number of hydrogen-bond donors (Lipinski definition) is 0. The molecule has 2 aliphatic carbocycles. The van der Waals surface area contributed by atoms with Gasteiger partial charge in [-0.1, -0.05) is 72.8 Å². The minimum Gasteiger partial charge on any atom is -0.140 e. The number of hydrogen-bond acceptors (Lipinski definition) is 1. The molecule has 1 heteroatoms. The van der Waals surface area contributed by atoms with Gasteiger partial charge in [-0.2, -0.15) is 0 Å². The summed E-state index contributed by atoms with van der Waals surface area (Å²) >= 11 is 1.96. The van der Waals surface area contributed by atoms with Gasteiger partial charge < -0.3 is 0 Å². The number of fused-ring (bicyclic) bond motifs is 10. The molecule has 2 aliphatic rings. The molecule has 1 spiro atoms. The fraction of sp³-hybridized carbons (Fsp3) is 0.120. The molecule has 0 amide bonds. The van der Waals surface area contributed by atoms with Crippen LogP contribution < -0.4 is 0 Å². The Morgan fingerprint density at radius 2 is 1.08 bits per heavy atom. The minimum atomic E-state index is -0.159. The Bertz CT molecular complexity index is 1160. The molecule has 0 fully saturated rings. The van der Waals surface area contributed by atoms with E-state index in [1.54, 1.807) is 0 Å². The molecule has 0 saturated heterocycles. The molecule has 26 heavy (non-hydrogen) atoms. The normalized spacial score (nSPS) is 14.8. The van der Waals surface area contributed by atoms with Crippen LogP contribution in [-0.4, -0.2) is 0 Å². The van der Waals surface area contributed by atoms with Gasteiger partial charge in [0, 0.05) is 9.75 Å². The van der Waals surface area contributed by atoms with E-state index in [4.69, 9.17) is 0 Å². The topological polar surface area (TPSA) is 0 Å². The molecule has 0 aliphatic heterocycles. The smallest absolute Gasteiger partial charge is 0.0736 e. The molecule has 1 heterocycles. The maximum absolute atomic E-state index is 2.34. The van der Waals surface area contributed by atoms with Crippen molar-refractivity contribution in [3.63, 3.8) is 0 Å². The minimum absolute atomic E-state index is 0.159. The Hall–Kier alpha value is -2.64. The Kier molecular flexibility index (Phi) is 2.65. The average Bonchev–Trinajstić information content (AvgIpc) is 3.26. The highest BCUT2D eigenvalue weighted by Gasteiger charge is 2.53. The van der Waals surface area contributed by atoms with Crippen molar-refractivity contribution in [2.45, 2.75) is 19.3 Å².